The third-order valence-electron chi connectivity index (χ3n) is 2.45. The minimum atomic E-state index is -4.04. The van der Waals surface area contributed by atoms with E-state index in [-0.39, 0.29) is 20.9 Å². The molecular weight excluding hydrogens is 432 g/mol. The minimum absolute atomic E-state index is 0.0338. The number of carboxylic acid groups (broad SMARTS) is 1. The fourth-order valence-electron chi connectivity index (χ4n) is 1.58. The van der Waals surface area contributed by atoms with Crippen LogP contribution in [0.2, 0.25) is 0 Å². The van der Waals surface area contributed by atoms with Crippen molar-refractivity contribution >= 4 is 53.5 Å². The summed E-state index contributed by atoms with van der Waals surface area (Å²) in [6.07, 6.45) is 0. The normalized spacial score (nSPS) is 11.4. The van der Waals surface area contributed by atoms with Crippen molar-refractivity contribution in [3.63, 3.8) is 0 Å². The Morgan fingerprint density at radius 3 is 2.57 bits per heavy atom. The number of sulfonamides is 1. The zero-order valence-corrected chi connectivity index (χ0v) is 14.4. The largest absolute Gasteiger partial charge is 0.478 e. The minimum Gasteiger partial charge on any atom is -0.478 e. The number of carboxylic acids is 1. The van der Waals surface area contributed by atoms with Gasteiger partial charge in [0, 0.05) is 11.5 Å². The molecule has 2 N–H and O–H groups in total. The number of aromatic carboxylic acids is 1. The summed E-state index contributed by atoms with van der Waals surface area (Å²) in [6.45, 7) is 0. The van der Waals surface area contributed by atoms with Gasteiger partial charge >= 0.3 is 5.97 Å². The Balaban J connectivity index is 2.50. The maximum atomic E-state index is 12.3. The van der Waals surface area contributed by atoms with Crippen molar-refractivity contribution in [3.8, 4) is 0 Å². The van der Waals surface area contributed by atoms with Crippen LogP contribution >= 0.6 is 31.9 Å². The van der Waals surface area contributed by atoms with E-state index in [1.54, 1.807) is 0 Å². The number of aryl methyl sites for hydroxylation is 1. The summed E-state index contributed by atoms with van der Waals surface area (Å²) in [6, 6.07) is 4.18. The molecule has 0 saturated carbocycles. The molecule has 0 unspecified atom stereocenters. The Morgan fingerprint density at radius 2 is 2.05 bits per heavy atom. The number of halogens is 2. The molecule has 0 bridgehead atoms. The van der Waals surface area contributed by atoms with Gasteiger partial charge in [0.05, 0.1) is 11.3 Å². The zero-order chi connectivity index (χ0) is 15.8. The van der Waals surface area contributed by atoms with Gasteiger partial charge in [-0.2, -0.15) is 8.42 Å². The molecule has 0 aliphatic carbocycles. The third kappa shape index (κ3) is 3.24. The molecule has 0 atom stereocenters. The summed E-state index contributed by atoms with van der Waals surface area (Å²) in [5.41, 5.74) is -0.238. The standard InChI is InChI=1S/C10H8Br2N4O4S/c1-16-9(8(12)13-15-16)21(19,20)14-7-3-2-5(11)4-6(7)10(17)18/h2-4,14H,1H3,(H,17,18). The summed E-state index contributed by atoms with van der Waals surface area (Å²) in [5, 5.41) is 16.1. The number of hydrogen-bond acceptors (Lipinski definition) is 5. The first-order chi connectivity index (χ1) is 9.72. The van der Waals surface area contributed by atoms with E-state index in [2.05, 4.69) is 46.9 Å². The van der Waals surface area contributed by atoms with E-state index in [0.717, 1.165) is 4.68 Å². The summed E-state index contributed by atoms with van der Waals surface area (Å²) in [4.78, 5) is 11.2. The van der Waals surface area contributed by atoms with E-state index in [9.17, 15) is 13.2 Å². The van der Waals surface area contributed by atoms with Crippen LogP contribution in [-0.2, 0) is 17.1 Å². The molecule has 2 rings (SSSR count). The molecule has 2 aromatic rings. The molecular formula is C10H8Br2N4O4S. The zero-order valence-electron chi connectivity index (χ0n) is 10.4. The highest BCUT2D eigenvalue weighted by molar-refractivity contribution is 9.10. The molecule has 0 aliphatic heterocycles. The van der Waals surface area contributed by atoms with Crippen LogP contribution in [0.3, 0.4) is 0 Å². The molecule has 0 spiro atoms. The lowest BCUT2D eigenvalue weighted by Gasteiger charge is -2.10. The fraction of sp³-hybridized carbons (Fsp3) is 0.100. The summed E-state index contributed by atoms with van der Waals surface area (Å²) >= 11 is 6.12. The number of anilines is 1. The number of nitrogens with one attached hydrogen (secondary N) is 1. The van der Waals surface area contributed by atoms with Crippen molar-refractivity contribution in [2.24, 2.45) is 7.05 Å². The molecule has 0 fully saturated rings. The van der Waals surface area contributed by atoms with Gasteiger partial charge in [-0.25, -0.2) is 9.48 Å². The highest BCUT2D eigenvalue weighted by Crippen LogP contribution is 2.25. The van der Waals surface area contributed by atoms with E-state index in [0.29, 0.717) is 4.47 Å². The lowest BCUT2D eigenvalue weighted by atomic mass is 10.2. The second-order valence-electron chi connectivity index (χ2n) is 3.91. The smallest absolute Gasteiger partial charge is 0.337 e. The number of aromatic nitrogens is 3. The van der Waals surface area contributed by atoms with Crippen LogP contribution in [0, 0.1) is 0 Å². The van der Waals surface area contributed by atoms with Crippen LogP contribution in [0.4, 0.5) is 5.69 Å². The van der Waals surface area contributed by atoms with Crippen LogP contribution in [0.1, 0.15) is 10.4 Å². The Kier molecular flexibility index (Phi) is 4.35. The van der Waals surface area contributed by atoms with Crippen molar-refractivity contribution in [3.05, 3.63) is 32.8 Å². The Morgan fingerprint density at radius 1 is 1.38 bits per heavy atom. The average molecular weight is 440 g/mol. The average Bonchev–Trinajstić information content (AvgIpc) is 2.71. The van der Waals surface area contributed by atoms with E-state index in [4.69, 9.17) is 5.11 Å². The van der Waals surface area contributed by atoms with E-state index < -0.39 is 16.0 Å². The maximum Gasteiger partial charge on any atom is 0.337 e. The second kappa shape index (κ2) is 5.73. The number of carbonyl (C=O) groups is 1. The van der Waals surface area contributed by atoms with Crippen molar-refractivity contribution in [1.82, 2.24) is 15.0 Å². The Labute approximate surface area is 136 Å². The Bertz CT molecular complexity index is 799. The summed E-state index contributed by atoms with van der Waals surface area (Å²) < 4.78 is 28.5. The van der Waals surface area contributed by atoms with Crippen LogP contribution < -0.4 is 4.72 Å². The molecule has 0 amide bonds. The third-order valence-corrected chi connectivity index (χ3v) is 5.19. The quantitative estimate of drug-likeness (QED) is 0.751. The maximum absolute atomic E-state index is 12.3. The van der Waals surface area contributed by atoms with E-state index >= 15 is 0 Å². The van der Waals surface area contributed by atoms with Crippen molar-refractivity contribution in [2.75, 3.05) is 4.72 Å². The first-order valence-corrected chi connectivity index (χ1v) is 8.40. The molecule has 0 saturated heterocycles. The lowest BCUT2D eigenvalue weighted by molar-refractivity contribution is 0.0698. The second-order valence-corrected chi connectivity index (χ2v) is 7.17. The van der Waals surface area contributed by atoms with Gasteiger partial charge in [-0.3, -0.25) is 4.72 Å². The van der Waals surface area contributed by atoms with Gasteiger partial charge in [0.2, 0.25) is 5.03 Å². The summed E-state index contributed by atoms with van der Waals surface area (Å²) in [5.74, 6) is -1.25. The van der Waals surface area contributed by atoms with Gasteiger partial charge in [-0.05, 0) is 34.1 Å². The number of benzene rings is 1. The van der Waals surface area contributed by atoms with E-state index in [1.807, 2.05) is 0 Å². The molecule has 21 heavy (non-hydrogen) atoms. The topological polar surface area (TPSA) is 114 Å². The van der Waals surface area contributed by atoms with Gasteiger partial charge in [0.15, 0.2) is 4.60 Å². The van der Waals surface area contributed by atoms with Crippen LogP contribution in [0.25, 0.3) is 0 Å². The fourth-order valence-corrected chi connectivity index (χ4v) is 4.12. The van der Waals surface area contributed by atoms with Gasteiger partial charge in [0.25, 0.3) is 10.0 Å². The van der Waals surface area contributed by atoms with Crippen LogP contribution in [0.15, 0.2) is 32.3 Å². The molecule has 8 nitrogen and oxygen atoms in total. The molecule has 112 valence electrons. The van der Waals surface area contributed by atoms with Crippen LogP contribution in [0.5, 0.6) is 0 Å². The molecule has 1 aromatic carbocycles. The lowest BCUT2D eigenvalue weighted by Crippen LogP contribution is -2.19. The predicted molar refractivity (Wildman–Crippen MR) is 80.6 cm³/mol. The molecule has 0 radical (unpaired) electrons. The van der Waals surface area contributed by atoms with Crippen LogP contribution in [-0.4, -0.2) is 34.5 Å². The van der Waals surface area contributed by atoms with Gasteiger partial charge in [0.1, 0.15) is 0 Å². The number of hydrogen-bond donors (Lipinski definition) is 2. The highest BCUT2D eigenvalue weighted by atomic mass is 79.9. The van der Waals surface area contributed by atoms with E-state index in [1.165, 1.54) is 25.2 Å². The molecule has 1 heterocycles. The number of nitrogens with zero attached hydrogens (tertiary/aromatic N) is 3. The van der Waals surface area contributed by atoms with Gasteiger partial charge < -0.3 is 5.11 Å². The Hall–Kier alpha value is -1.46. The first kappa shape index (κ1) is 15.9. The van der Waals surface area contributed by atoms with Gasteiger partial charge in [-0.1, -0.05) is 21.1 Å². The monoisotopic (exact) mass is 438 g/mol. The molecule has 11 heteroatoms. The highest BCUT2D eigenvalue weighted by Gasteiger charge is 2.25. The van der Waals surface area contributed by atoms with Crippen molar-refractivity contribution in [1.29, 1.82) is 0 Å². The van der Waals surface area contributed by atoms with Crippen molar-refractivity contribution in [2.45, 2.75) is 5.03 Å². The predicted octanol–water partition coefficient (Wildman–Crippen LogP) is 1.84. The first-order valence-electron chi connectivity index (χ1n) is 5.33. The number of rotatable bonds is 4. The van der Waals surface area contributed by atoms with Gasteiger partial charge in [-0.15, -0.1) is 5.10 Å². The molecule has 0 aliphatic rings. The van der Waals surface area contributed by atoms with Crippen molar-refractivity contribution < 1.29 is 18.3 Å². The summed E-state index contributed by atoms with van der Waals surface area (Å²) in [7, 11) is -2.63. The molecule has 1 aromatic heterocycles. The SMILES string of the molecule is Cn1nnc(Br)c1S(=O)(=O)Nc1ccc(Br)cc1C(=O)O.